The highest BCUT2D eigenvalue weighted by Crippen LogP contribution is 2.08. The average molecular weight is 316 g/mol. The van der Waals surface area contributed by atoms with Crippen molar-refractivity contribution in [1.29, 1.82) is 0 Å². The van der Waals surface area contributed by atoms with E-state index in [1.54, 1.807) is 0 Å². The summed E-state index contributed by atoms with van der Waals surface area (Å²) in [4.78, 5) is 10.3. The van der Waals surface area contributed by atoms with Gasteiger partial charge in [0.1, 0.15) is 0 Å². The third kappa shape index (κ3) is 23.9. The molecule has 0 aliphatic carbocycles. The Morgan fingerprint density at radius 1 is 0.773 bits per heavy atom. The molecule has 0 amide bonds. The lowest BCUT2D eigenvalue weighted by Crippen LogP contribution is -1.93. The molecule has 0 heterocycles. The molecule has 0 aromatic rings. The van der Waals surface area contributed by atoms with Crippen molar-refractivity contribution in [1.82, 2.24) is 0 Å². The lowest BCUT2D eigenvalue weighted by atomic mass is 10.1. The summed E-state index contributed by atoms with van der Waals surface area (Å²) in [6.45, 7) is 2.23. The van der Waals surface area contributed by atoms with Crippen molar-refractivity contribution in [3.63, 3.8) is 0 Å². The molecule has 0 spiro atoms. The van der Waals surface area contributed by atoms with Gasteiger partial charge in [-0.3, -0.25) is 4.79 Å². The van der Waals surface area contributed by atoms with Crippen molar-refractivity contribution in [2.24, 2.45) is 0 Å². The zero-order chi connectivity index (χ0) is 14.9. The topological polar surface area (TPSA) is 100 Å². The van der Waals surface area contributed by atoms with Crippen LogP contribution >= 0.6 is 0 Å². The van der Waals surface area contributed by atoms with Crippen molar-refractivity contribution < 1.29 is 20.9 Å². The number of allylic oxidation sites excluding steroid dienone is 4. The molecular formula is C18H36O4. The van der Waals surface area contributed by atoms with Gasteiger partial charge in [0.2, 0.25) is 0 Å². The number of aliphatic carboxylic acids is 1. The van der Waals surface area contributed by atoms with Gasteiger partial charge in [-0.15, -0.1) is 0 Å². The molecule has 4 nitrogen and oxygen atoms in total. The first-order valence-corrected chi connectivity index (χ1v) is 8.29. The van der Waals surface area contributed by atoms with Crippen molar-refractivity contribution in [2.45, 2.75) is 84.0 Å². The van der Waals surface area contributed by atoms with E-state index < -0.39 is 5.97 Å². The number of unbranched alkanes of at least 4 members (excludes halogenated alkanes) is 8. The molecule has 0 aromatic carbocycles. The van der Waals surface area contributed by atoms with Crippen molar-refractivity contribution in [2.75, 3.05) is 0 Å². The van der Waals surface area contributed by atoms with Crippen LogP contribution < -0.4 is 0 Å². The van der Waals surface area contributed by atoms with Crippen LogP contribution in [-0.4, -0.2) is 22.0 Å². The molecule has 0 aromatic heterocycles. The van der Waals surface area contributed by atoms with Gasteiger partial charge in [0.25, 0.3) is 0 Å². The normalized spacial score (nSPS) is 10.6. The quantitative estimate of drug-likeness (QED) is 0.383. The van der Waals surface area contributed by atoms with Gasteiger partial charge in [0.15, 0.2) is 0 Å². The lowest BCUT2D eigenvalue weighted by Gasteiger charge is -1.98. The molecular weight excluding hydrogens is 280 g/mol. The Labute approximate surface area is 135 Å². The molecule has 0 saturated carbocycles. The van der Waals surface area contributed by atoms with Crippen LogP contribution in [0.4, 0.5) is 0 Å². The van der Waals surface area contributed by atoms with E-state index >= 15 is 0 Å². The van der Waals surface area contributed by atoms with Crippen molar-refractivity contribution in [3.05, 3.63) is 24.3 Å². The monoisotopic (exact) mass is 316 g/mol. The third-order valence-corrected chi connectivity index (χ3v) is 3.34. The summed E-state index contributed by atoms with van der Waals surface area (Å²) in [6, 6.07) is 0. The van der Waals surface area contributed by atoms with Gasteiger partial charge < -0.3 is 16.1 Å². The van der Waals surface area contributed by atoms with Crippen molar-refractivity contribution >= 4 is 5.97 Å². The molecule has 0 fully saturated rings. The molecule has 22 heavy (non-hydrogen) atoms. The fourth-order valence-electron chi connectivity index (χ4n) is 2.09. The minimum Gasteiger partial charge on any atom is -0.481 e. The van der Waals surface area contributed by atoms with E-state index in [9.17, 15) is 4.79 Å². The van der Waals surface area contributed by atoms with E-state index in [4.69, 9.17) is 5.11 Å². The molecule has 0 saturated heterocycles. The summed E-state index contributed by atoms with van der Waals surface area (Å²) in [5, 5.41) is 8.50. The second-order valence-electron chi connectivity index (χ2n) is 5.37. The summed E-state index contributed by atoms with van der Waals surface area (Å²) in [5.74, 6) is -0.671. The number of hydrogen-bond acceptors (Lipinski definition) is 1. The Balaban J connectivity index is -0.00000180. The van der Waals surface area contributed by atoms with Crippen LogP contribution in [0.15, 0.2) is 24.3 Å². The van der Waals surface area contributed by atoms with Gasteiger partial charge in [-0.2, -0.15) is 0 Å². The molecule has 0 unspecified atom stereocenters. The van der Waals surface area contributed by atoms with Crippen LogP contribution in [0.3, 0.4) is 0 Å². The summed E-state index contributed by atoms with van der Waals surface area (Å²) >= 11 is 0. The number of hydrogen-bond donors (Lipinski definition) is 1. The van der Waals surface area contributed by atoms with Crippen LogP contribution in [0.1, 0.15) is 84.0 Å². The lowest BCUT2D eigenvalue weighted by molar-refractivity contribution is -0.137. The van der Waals surface area contributed by atoms with E-state index in [0.29, 0.717) is 6.42 Å². The number of carboxylic acid groups (broad SMARTS) is 1. The molecule has 5 N–H and O–H groups in total. The second kappa shape index (κ2) is 22.2. The minimum atomic E-state index is -0.671. The van der Waals surface area contributed by atoms with Gasteiger partial charge in [0, 0.05) is 6.42 Å². The number of rotatable bonds is 14. The highest BCUT2D eigenvalue weighted by atomic mass is 16.4. The van der Waals surface area contributed by atoms with Crippen molar-refractivity contribution in [3.8, 4) is 0 Å². The molecule has 0 rings (SSSR count). The zero-order valence-corrected chi connectivity index (χ0v) is 14.2. The van der Waals surface area contributed by atoms with Gasteiger partial charge in [-0.1, -0.05) is 63.3 Å². The van der Waals surface area contributed by atoms with Gasteiger partial charge >= 0.3 is 5.97 Å². The standard InChI is InChI=1S/C18H32O2.2H2O/c1-2-3-4-5-6-7-8-9-10-11-12-13-14-15-16-17-18(19)20;;/h6-7,9-10H,2-5,8,11-17H2,1H3,(H,19,20);2*1H2/b7-6-,10-9-;;. The van der Waals surface area contributed by atoms with Crippen LogP contribution in [0.25, 0.3) is 0 Å². The number of carbonyl (C=O) groups is 1. The fraction of sp³-hybridized carbons (Fsp3) is 0.722. The highest BCUT2D eigenvalue weighted by Gasteiger charge is 1.95. The maximum Gasteiger partial charge on any atom is 0.303 e. The largest absolute Gasteiger partial charge is 0.481 e. The van der Waals surface area contributed by atoms with E-state index in [2.05, 4.69) is 31.2 Å². The van der Waals surface area contributed by atoms with Crippen LogP contribution in [0.5, 0.6) is 0 Å². The second-order valence-corrected chi connectivity index (χ2v) is 5.37. The fourth-order valence-corrected chi connectivity index (χ4v) is 2.09. The maximum atomic E-state index is 10.3. The van der Waals surface area contributed by atoms with Gasteiger partial charge in [0.05, 0.1) is 0 Å². The molecule has 132 valence electrons. The average Bonchev–Trinajstić information content (AvgIpc) is 2.43. The Morgan fingerprint density at radius 2 is 1.27 bits per heavy atom. The Kier molecular flexibility index (Phi) is 26.0. The summed E-state index contributed by atoms with van der Waals surface area (Å²) < 4.78 is 0. The van der Waals surface area contributed by atoms with Crippen LogP contribution in [0, 0.1) is 0 Å². The van der Waals surface area contributed by atoms with E-state index in [1.165, 1.54) is 44.9 Å². The Hall–Kier alpha value is -1.13. The van der Waals surface area contributed by atoms with Gasteiger partial charge in [-0.25, -0.2) is 0 Å². The maximum absolute atomic E-state index is 10.3. The Bertz CT molecular complexity index is 272. The SMILES string of the molecule is CCCCC/C=C\C/C=C\CCCCCCCC(=O)O.O.O. The molecule has 0 aliphatic rings. The van der Waals surface area contributed by atoms with E-state index in [0.717, 1.165) is 25.7 Å². The van der Waals surface area contributed by atoms with E-state index in [-0.39, 0.29) is 11.0 Å². The molecule has 0 aliphatic heterocycles. The Morgan fingerprint density at radius 3 is 1.82 bits per heavy atom. The predicted octanol–water partition coefficient (Wildman–Crippen LogP) is 4.24. The minimum absolute atomic E-state index is 0. The number of carboxylic acids is 1. The molecule has 4 heteroatoms. The molecule has 0 atom stereocenters. The zero-order valence-electron chi connectivity index (χ0n) is 14.2. The van der Waals surface area contributed by atoms with Crippen LogP contribution in [-0.2, 0) is 4.79 Å². The summed E-state index contributed by atoms with van der Waals surface area (Å²) in [5.41, 5.74) is 0. The van der Waals surface area contributed by atoms with E-state index in [1.807, 2.05) is 0 Å². The first-order valence-electron chi connectivity index (χ1n) is 8.29. The third-order valence-electron chi connectivity index (χ3n) is 3.34. The first-order chi connectivity index (χ1) is 9.77. The van der Waals surface area contributed by atoms with Gasteiger partial charge in [-0.05, 0) is 38.5 Å². The highest BCUT2D eigenvalue weighted by molar-refractivity contribution is 5.66. The summed E-state index contributed by atoms with van der Waals surface area (Å²) in [7, 11) is 0. The summed E-state index contributed by atoms with van der Waals surface area (Å²) in [6.07, 6.45) is 22.3. The van der Waals surface area contributed by atoms with Crippen LogP contribution in [0.2, 0.25) is 0 Å². The first kappa shape index (κ1) is 25.8. The predicted molar refractivity (Wildman–Crippen MR) is 94.2 cm³/mol. The smallest absolute Gasteiger partial charge is 0.303 e. The molecule has 0 bridgehead atoms. The molecule has 0 radical (unpaired) electrons.